The van der Waals surface area contributed by atoms with E-state index in [2.05, 4.69) is 31.3 Å². The van der Waals surface area contributed by atoms with Gasteiger partial charge in [-0.05, 0) is 30.7 Å². The smallest absolute Gasteiger partial charge is 0.162 e. The number of hydrogen-bond acceptors (Lipinski definition) is 3. The Morgan fingerprint density at radius 3 is 2.82 bits per heavy atom. The van der Waals surface area contributed by atoms with Crippen molar-refractivity contribution in [2.75, 3.05) is 26.2 Å². The summed E-state index contributed by atoms with van der Waals surface area (Å²) >= 11 is 0. The molecule has 1 atom stereocenters. The zero-order valence-electron chi connectivity index (χ0n) is 11.4. The Morgan fingerprint density at radius 2 is 2.24 bits per heavy atom. The van der Waals surface area contributed by atoms with Gasteiger partial charge in [-0.15, -0.1) is 0 Å². The van der Waals surface area contributed by atoms with Crippen LogP contribution >= 0.6 is 0 Å². The topological polar surface area (TPSA) is 18.8 Å². The summed E-state index contributed by atoms with van der Waals surface area (Å²) in [5.74, 6) is 2.37. The van der Waals surface area contributed by atoms with Crippen molar-refractivity contribution in [1.29, 1.82) is 0 Å². The standard InChI is InChI=1S/C12H23B2N3/c1-12(2)8-17(14-13)10(12)11-15-5-6-16(11)7-9-3-4-9/h9-10,14H,3-8,13H2,1-2H3. The van der Waals surface area contributed by atoms with E-state index in [0.717, 1.165) is 26.3 Å². The molecule has 0 spiro atoms. The molecule has 2 heterocycles. The molecule has 1 aliphatic carbocycles. The van der Waals surface area contributed by atoms with E-state index >= 15 is 0 Å². The number of aliphatic imine (C=N–C) groups is 1. The van der Waals surface area contributed by atoms with Gasteiger partial charge in [0.15, 0.2) is 7.31 Å². The van der Waals surface area contributed by atoms with Gasteiger partial charge in [-0.25, -0.2) is 0 Å². The van der Waals surface area contributed by atoms with Crippen LogP contribution in [-0.2, 0) is 0 Å². The van der Waals surface area contributed by atoms with Crippen molar-refractivity contribution >= 4 is 20.9 Å². The molecule has 92 valence electrons. The summed E-state index contributed by atoms with van der Waals surface area (Å²) in [5.41, 5.74) is 0.418. The van der Waals surface area contributed by atoms with Gasteiger partial charge in [0, 0.05) is 13.1 Å². The minimum Gasteiger partial charge on any atom is -0.357 e. The maximum absolute atomic E-state index is 4.81. The average molecular weight is 231 g/mol. The molecule has 3 rings (SSSR count). The lowest BCUT2D eigenvalue weighted by atomic mass is 9.57. The molecule has 17 heavy (non-hydrogen) atoms. The fraction of sp³-hybridized carbons (Fsp3) is 0.917. The molecule has 3 aliphatic rings. The van der Waals surface area contributed by atoms with E-state index in [0.29, 0.717) is 11.5 Å². The Balaban J connectivity index is 1.72. The van der Waals surface area contributed by atoms with Gasteiger partial charge in [0.25, 0.3) is 0 Å². The molecule has 2 fully saturated rings. The van der Waals surface area contributed by atoms with Crippen LogP contribution in [0.3, 0.4) is 0 Å². The fourth-order valence-corrected chi connectivity index (χ4v) is 3.45. The van der Waals surface area contributed by atoms with Crippen molar-refractivity contribution in [3.05, 3.63) is 0 Å². The summed E-state index contributed by atoms with van der Waals surface area (Å²) in [6.45, 7) is 9.45. The third-order valence-electron chi connectivity index (χ3n) is 4.51. The van der Waals surface area contributed by atoms with Gasteiger partial charge in [-0.2, -0.15) is 0 Å². The van der Waals surface area contributed by atoms with Crippen LogP contribution in [0.4, 0.5) is 0 Å². The number of hydrogen-bond donors (Lipinski definition) is 0. The lowest BCUT2D eigenvalue weighted by molar-refractivity contribution is 0.0610. The first-order valence-corrected chi connectivity index (χ1v) is 7.15. The van der Waals surface area contributed by atoms with Crippen LogP contribution < -0.4 is 0 Å². The molecule has 0 aromatic carbocycles. The van der Waals surface area contributed by atoms with Gasteiger partial charge in [-0.1, -0.05) is 13.8 Å². The zero-order chi connectivity index (χ0) is 12.0. The van der Waals surface area contributed by atoms with E-state index in [4.69, 9.17) is 4.99 Å². The molecule has 3 nitrogen and oxygen atoms in total. The first-order valence-electron chi connectivity index (χ1n) is 7.15. The first-order chi connectivity index (χ1) is 8.12. The van der Waals surface area contributed by atoms with Crippen LogP contribution in [0.5, 0.6) is 0 Å². The highest BCUT2D eigenvalue weighted by Crippen LogP contribution is 2.39. The second kappa shape index (κ2) is 4.04. The molecule has 0 amide bonds. The molecule has 0 bridgehead atoms. The lowest BCUT2D eigenvalue weighted by Crippen LogP contribution is -2.68. The largest absolute Gasteiger partial charge is 0.357 e. The molecular weight excluding hydrogens is 208 g/mol. The molecular formula is C12H23B2N3. The highest BCUT2D eigenvalue weighted by molar-refractivity contribution is 6.87. The van der Waals surface area contributed by atoms with Crippen LogP contribution in [0.25, 0.3) is 0 Å². The predicted octanol–water partition coefficient (Wildman–Crippen LogP) is -0.279. The molecule has 0 radical (unpaired) electrons. The second-order valence-corrected chi connectivity index (χ2v) is 6.58. The molecule has 0 aromatic rings. The van der Waals surface area contributed by atoms with E-state index < -0.39 is 0 Å². The molecule has 1 unspecified atom stereocenters. The predicted molar refractivity (Wildman–Crippen MR) is 76.6 cm³/mol. The number of amidine groups is 1. The summed E-state index contributed by atoms with van der Waals surface area (Å²) in [5, 5.41) is 0. The third-order valence-corrected chi connectivity index (χ3v) is 4.51. The van der Waals surface area contributed by atoms with Crippen LogP contribution in [0.15, 0.2) is 4.99 Å². The first kappa shape index (κ1) is 11.6. The Morgan fingerprint density at radius 1 is 1.47 bits per heavy atom. The molecule has 0 aromatic heterocycles. The van der Waals surface area contributed by atoms with Gasteiger partial charge >= 0.3 is 0 Å². The second-order valence-electron chi connectivity index (χ2n) is 6.58. The van der Waals surface area contributed by atoms with E-state index in [1.807, 2.05) is 0 Å². The van der Waals surface area contributed by atoms with E-state index in [-0.39, 0.29) is 0 Å². The summed E-state index contributed by atoms with van der Waals surface area (Å²) in [7, 11) is 3.42. The minimum atomic E-state index is 0.418. The average Bonchev–Trinajstić information content (AvgIpc) is 2.97. The van der Waals surface area contributed by atoms with E-state index in [9.17, 15) is 0 Å². The van der Waals surface area contributed by atoms with Crippen molar-refractivity contribution in [2.45, 2.75) is 32.7 Å². The summed E-state index contributed by atoms with van der Waals surface area (Å²) < 4.78 is 0. The summed E-state index contributed by atoms with van der Waals surface area (Å²) in [6.07, 6.45) is 2.88. The number of nitrogens with zero attached hydrogens (tertiary/aromatic N) is 3. The fourth-order valence-electron chi connectivity index (χ4n) is 3.45. The minimum absolute atomic E-state index is 0.418. The normalized spacial score (nSPS) is 32.2. The summed E-state index contributed by atoms with van der Waals surface area (Å²) in [4.78, 5) is 9.96. The van der Waals surface area contributed by atoms with Gasteiger partial charge < -0.3 is 9.71 Å². The lowest BCUT2D eigenvalue weighted by Gasteiger charge is -2.55. The van der Waals surface area contributed by atoms with Crippen LogP contribution in [0.2, 0.25) is 0 Å². The van der Waals surface area contributed by atoms with E-state index in [1.54, 1.807) is 0 Å². The maximum atomic E-state index is 4.81. The Bertz CT molecular complexity index is 339. The van der Waals surface area contributed by atoms with Gasteiger partial charge in [0.2, 0.25) is 0 Å². The van der Waals surface area contributed by atoms with E-state index in [1.165, 1.54) is 31.8 Å². The highest BCUT2D eigenvalue weighted by atomic mass is 15.3. The van der Waals surface area contributed by atoms with Crippen LogP contribution in [0.1, 0.15) is 26.7 Å². The highest BCUT2D eigenvalue weighted by Gasteiger charge is 2.49. The van der Waals surface area contributed by atoms with Gasteiger partial charge in [-0.3, -0.25) is 4.99 Å². The van der Waals surface area contributed by atoms with Gasteiger partial charge in [0.1, 0.15) is 5.84 Å². The molecule has 2 aliphatic heterocycles. The zero-order valence-corrected chi connectivity index (χ0v) is 11.4. The van der Waals surface area contributed by atoms with Gasteiger partial charge in [0.05, 0.1) is 20.3 Å². The summed E-state index contributed by atoms with van der Waals surface area (Å²) in [6, 6.07) is 0.578. The Hall–Kier alpha value is -0.440. The number of rotatable bonds is 4. The maximum Gasteiger partial charge on any atom is 0.162 e. The Kier molecular flexibility index (Phi) is 2.77. The van der Waals surface area contributed by atoms with Crippen LogP contribution in [-0.4, -0.2) is 62.8 Å². The monoisotopic (exact) mass is 231 g/mol. The van der Waals surface area contributed by atoms with Crippen molar-refractivity contribution < 1.29 is 0 Å². The third kappa shape index (κ3) is 2.03. The molecule has 1 saturated heterocycles. The van der Waals surface area contributed by atoms with Crippen LogP contribution in [0, 0.1) is 11.3 Å². The molecule has 1 saturated carbocycles. The molecule has 0 N–H and O–H groups in total. The van der Waals surface area contributed by atoms with Crippen molar-refractivity contribution in [1.82, 2.24) is 9.71 Å². The quantitative estimate of drug-likeness (QED) is 0.619. The van der Waals surface area contributed by atoms with Crippen molar-refractivity contribution in [3.8, 4) is 0 Å². The molecule has 5 heteroatoms. The SMILES string of the molecule is BBN1CC(C)(C)C1C1=NCCN1CC1CC1. The van der Waals surface area contributed by atoms with Crippen molar-refractivity contribution in [2.24, 2.45) is 16.3 Å². The Labute approximate surface area is 106 Å². The van der Waals surface area contributed by atoms with Crippen molar-refractivity contribution in [3.63, 3.8) is 0 Å².